The minimum Gasteiger partial charge on any atom is -0.465 e. The number of hydrogen-bond donors (Lipinski definition) is 1. The molecule has 138 valence electrons. The second kappa shape index (κ2) is 7.00. The normalized spacial score (nSPS) is 12.7. The summed E-state index contributed by atoms with van der Waals surface area (Å²) in [7, 11) is 3.93. The van der Waals surface area contributed by atoms with Gasteiger partial charge in [-0.15, -0.1) is 0 Å². The molecule has 3 rings (SSSR count). The number of amides is 1. The fourth-order valence-corrected chi connectivity index (χ4v) is 3.45. The molecule has 26 heavy (non-hydrogen) atoms. The topological polar surface area (TPSA) is 58.6 Å². The summed E-state index contributed by atoms with van der Waals surface area (Å²) >= 11 is 0. The fourth-order valence-electron chi connectivity index (χ4n) is 3.45. The zero-order valence-corrected chi connectivity index (χ0v) is 16.3. The van der Waals surface area contributed by atoms with Crippen molar-refractivity contribution < 1.29 is 13.6 Å². The van der Waals surface area contributed by atoms with Crippen LogP contribution in [0.25, 0.3) is 11.0 Å². The fraction of sp³-hybridized carbons (Fsp3) is 0.381. The molecule has 1 unspecified atom stereocenters. The van der Waals surface area contributed by atoms with Gasteiger partial charge in [-0.3, -0.25) is 9.69 Å². The number of carbonyl (C=O) groups is 1. The predicted molar refractivity (Wildman–Crippen MR) is 103 cm³/mol. The number of rotatable bonds is 5. The molecular weight excluding hydrogens is 328 g/mol. The van der Waals surface area contributed by atoms with Crippen LogP contribution in [0.5, 0.6) is 0 Å². The minimum absolute atomic E-state index is 0.0404. The maximum Gasteiger partial charge on any atom is 0.287 e. The molecule has 1 aromatic carbocycles. The van der Waals surface area contributed by atoms with Crippen LogP contribution in [-0.2, 0) is 0 Å². The van der Waals surface area contributed by atoms with Crippen molar-refractivity contribution in [2.75, 3.05) is 20.6 Å². The van der Waals surface area contributed by atoms with E-state index in [9.17, 15) is 4.79 Å². The van der Waals surface area contributed by atoms with Crippen LogP contribution in [0.3, 0.4) is 0 Å². The van der Waals surface area contributed by atoms with Crippen molar-refractivity contribution in [2.45, 2.75) is 33.7 Å². The molecule has 0 aliphatic carbocycles. The summed E-state index contributed by atoms with van der Waals surface area (Å²) in [5, 5.41) is 4.01. The molecular formula is C21H26N2O3. The van der Waals surface area contributed by atoms with E-state index in [-0.39, 0.29) is 11.9 Å². The third-order valence-corrected chi connectivity index (χ3v) is 4.75. The molecule has 3 aromatic rings. The van der Waals surface area contributed by atoms with Crippen molar-refractivity contribution in [3.8, 4) is 0 Å². The summed E-state index contributed by atoms with van der Waals surface area (Å²) in [6.07, 6.45) is 0. The molecule has 0 saturated carbocycles. The lowest BCUT2D eigenvalue weighted by molar-refractivity contribution is 0.0912. The molecule has 0 radical (unpaired) electrons. The molecule has 1 N–H and O–H groups in total. The Morgan fingerprint density at radius 3 is 2.46 bits per heavy atom. The Morgan fingerprint density at radius 1 is 1.12 bits per heavy atom. The lowest BCUT2D eigenvalue weighted by atomic mass is 10.0. The number of nitrogens with zero attached hydrogens (tertiary/aromatic N) is 1. The van der Waals surface area contributed by atoms with Gasteiger partial charge in [0.25, 0.3) is 5.91 Å². The first-order chi connectivity index (χ1) is 12.3. The average Bonchev–Trinajstić information content (AvgIpc) is 3.11. The Morgan fingerprint density at radius 2 is 1.85 bits per heavy atom. The van der Waals surface area contributed by atoms with Gasteiger partial charge in [0.05, 0.1) is 6.04 Å². The molecule has 1 amide bonds. The van der Waals surface area contributed by atoms with E-state index in [4.69, 9.17) is 8.83 Å². The Hall–Kier alpha value is -2.53. The van der Waals surface area contributed by atoms with E-state index in [2.05, 4.69) is 11.4 Å². The first-order valence-electron chi connectivity index (χ1n) is 8.79. The van der Waals surface area contributed by atoms with Gasteiger partial charge in [0.2, 0.25) is 0 Å². The molecule has 5 heteroatoms. The average molecular weight is 354 g/mol. The first kappa shape index (κ1) is 18.3. The number of carbonyl (C=O) groups excluding carboxylic acids is 1. The van der Waals surface area contributed by atoms with Gasteiger partial charge in [0.15, 0.2) is 5.76 Å². The molecule has 0 fully saturated rings. The summed E-state index contributed by atoms with van der Waals surface area (Å²) in [6, 6.07) is 7.92. The zero-order chi connectivity index (χ0) is 19.0. The maximum atomic E-state index is 12.7. The smallest absolute Gasteiger partial charge is 0.287 e. The number of hydrogen-bond acceptors (Lipinski definition) is 4. The molecule has 2 heterocycles. The highest BCUT2D eigenvalue weighted by atomic mass is 16.3. The summed E-state index contributed by atoms with van der Waals surface area (Å²) in [5.41, 5.74) is 3.88. The lowest BCUT2D eigenvalue weighted by Crippen LogP contribution is -2.34. The third kappa shape index (κ3) is 3.40. The van der Waals surface area contributed by atoms with E-state index in [0.29, 0.717) is 12.3 Å². The Labute approximate surface area is 154 Å². The summed E-state index contributed by atoms with van der Waals surface area (Å²) in [4.78, 5) is 14.8. The van der Waals surface area contributed by atoms with Crippen molar-refractivity contribution >= 4 is 16.9 Å². The number of nitrogens with one attached hydrogen (secondary N) is 1. The number of fused-ring (bicyclic) bond motifs is 1. The Bertz CT molecular complexity index is 950. The summed E-state index contributed by atoms with van der Waals surface area (Å²) in [5.74, 6) is 1.87. The van der Waals surface area contributed by atoms with Crippen LogP contribution in [0.4, 0.5) is 0 Å². The van der Waals surface area contributed by atoms with Crippen molar-refractivity contribution in [1.82, 2.24) is 10.2 Å². The molecule has 0 aliphatic rings. The highest BCUT2D eigenvalue weighted by Crippen LogP contribution is 2.29. The van der Waals surface area contributed by atoms with Gasteiger partial charge in [-0.2, -0.15) is 0 Å². The largest absolute Gasteiger partial charge is 0.465 e. The maximum absolute atomic E-state index is 12.7. The van der Waals surface area contributed by atoms with Gasteiger partial charge in [-0.1, -0.05) is 6.07 Å². The Kier molecular flexibility index (Phi) is 4.92. The van der Waals surface area contributed by atoms with Crippen LogP contribution < -0.4 is 5.32 Å². The first-order valence-corrected chi connectivity index (χ1v) is 8.79. The van der Waals surface area contributed by atoms with Crippen LogP contribution in [0.1, 0.15) is 44.8 Å². The zero-order valence-electron chi connectivity index (χ0n) is 16.3. The van der Waals surface area contributed by atoms with Crippen LogP contribution in [0.15, 0.2) is 33.1 Å². The van der Waals surface area contributed by atoms with Crippen LogP contribution in [0, 0.1) is 27.7 Å². The highest BCUT2D eigenvalue weighted by molar-refractivity contribution is 6.00. The van der Waals surface area contributed by atoms with Crippen LogP contribution >= 0.6 is 0 Å². The summed E-state index contributed by atoms with van der Waals surface area (Å²) in [6.45, 7) is 8.35. The van der Waals surface area contributed by atoms with Gasteiger partial charge in [-0.05, 0) is 71.1 Å². The molecule has 0 saturated heterocycles. The van der Waals surface area contributed by atoms with E-state index in [1.807, 2.05) is 64.9 Å². The second-order valence-corrected chi connectivity index (χ2v) is 7.15. The number of likely N-dealkylation sites (N-methyl/N-ethyl adjacent to an activating group) is 1. The number of aryl methyl sites for hydroxylation is 4. The van der Waals surface area contributed by atoms with Gasteiger partial charge in [-0.25, -0.2) is 0 Å². The van der Waals surface area contributed by atoms with E-state index in [0.717, 1.165) is 39.2 Å². The Balaban J connectivity index is 1.82. The molecule has 2 aromatic heterocycles. The lowest BCUT2D eigenvalue weighted by Gasteiger charge is -2.22. The van der Waals surface area contributed by atoms with Gasteiger partial charge in [0, 0.05) is 17.5 Å². The van der Waals surface area contributed by atoms with Gasteiger partial charge >= 0.3 is 0 Å². The monoisotopic (exact) mass is 354 g/mol. The third-order valence-electron chi connectivity index (χ3n) is 4.75. The van der Waals surface area contributed by atoms with E-state index < -0.39 is 0 Å². The van der Waals surface area contributed by atoms with Crippen molar-refractivity contribution in [3.05, 3.63) is 58.2 Å². The SMILES string of the molecule is Cc1cc(C)c2c(C)c(C(=O)NCC(c3ccc(C)o3)N(C)C)oc2c1. The number of benzene rings is 1. The van der Waals surface area contributed by atoms with Crippen LogP contribution in [-0.4, -0.2) is 31.4 Å². The molecule has 0 spiro atoms. The van der Waals surface area contributed by atoms with Crippen molar-refractivity contribution in [3.63, 3.8) is 0 Å². The van der Waals surface area contributed by atoms with E-state index >= 15 is 0 Å². The molecule has 1 atom stereocenters. The van der Waals surface area contributed by atoms with Crippen molar-refractivity contribution in [2.24, 2.45) is 0 Å². The van der Waals surface area contributed by atoms with Crippen molar-refractivity contribution in [1.29, 1.82) is 0 Å². The molecule has 5 nitrogen and oxygen atoms in total. The predicted octanol–water partition coefficient (Wildman–Crippen LogP) is 4.29. The molecule has 0 bridgehead atoms. The van der Waals surface area contributed by atoms with Crippen LogP contribution in [0.2, 0.25) is 0 Å². The number of furan rings is 2. The minimum atomic E-state index is -0.203. The standard InChI is InChI=1S/C21H26N2O3/c1-12-9-13(2)19-15(4)20(26-18(19)10-12)21(24)22-11-16(23(5)6)17-8-7-14(3)25-17/h7-10,16H,11H2,1-6H3,(H,22,24). The quantitative estimate of drug-likeness (QED) is 0.742. The molecule has 0 aliphatic heterocycles. The van der Waals surface area contributed by atoms with E-state index in [1.165, 1.54) is 0 Å². The second-order valence-electron chi connectivity index (χ2n) is 7.15. The highest BCUT2D eigenvalue weighted by Gasteiger charge is 2.22. The summed E-state index contributed by atoms with van der Waals surface area (Å²) < 4.78 is 11.6. The van der Waals surface area contributed by atoms with Gasteiger partial charge < -0.3 is 14.2 Å². The van der Waals surface area contributed by atoms with Gasteiger partial charge in [0.1, 0.15) is 17.1 Å². The van der Waals surface area contributed by atoms with E-state index in [1.54, 1.807) is 0 Å².